The largest absolute Gasteiger partial charge is 0.496 e. The lowest BCUT2D eigenvalue weighted by Gasteiger charge is -2.36. The predicted molar refractivity (Wildman–Crippen MR) is 122 cm³/mol. The van der Waals surface area contributed by atoms with Gasteiger partial charge in [-0.25, -0.2) is 0 Å². The van der Waals surface area contributed by atoms with Gasteiger partial charge < -0.3 is 9.64 Å². The summed E-state index contributed by atoms with van der Waals surface area (Å²) in [6.07, 6.45) is 0.693. The third kappa shape index (κ3) is 4.85. The van der Waals surface area contributed by atoms with Crippen molar-refractivity contribution >= 4 is 39.2 Å². The van der Waals surface area contributed by atoms with Crippen LogP contribution in [0.5, 0.6) is 5.75 Å². The van der Waals surface area contributed by atoms with Crippen molar-refractivity contribution in [1.29, 1.82) is 0 Å². The number of carbonyl (C=O) groups excluding carboxylic acids is 1. The van der Waals surface area contributed by atoms with E-state index in [0.29, 0.717) is 34.3 Å². The Kier molecular flexibility index (Phi) is 7.21. The van der Waals surface area contributed by atoms with Gasteiger partial charge in [0.25, 0.3) is 10.1 Å². The van der Waals surface area contributed by atoms with Crippen LogP contribution in [-0.2, 0) is 26.7 Å². The molecule has 1 amide bonds. The van der Waals surface area contributed by atoms with Gasteiger partial charge in [-0.2, -0.15) is 8.42 Å². The molecule has 1 fully saturated rings. The number of benzene rings is 2. The lowest BCUT2D eigenvalue weighted by Crippen LogP contribution is -2.47. The van der Waals surface area contributed by atoms with Gasteiger partial charge in [-0.1, -0.05) is 54.4 Å². The minimum atomic E-state index is -4.38. The predicted octanol–water partition coefficient (Wildman–Crippen LogP) is 4.38. The van der Waals surface area contributed by atoms with E-state index >= 15 is 0 Å². The number of likely N-dealkylation sites (tertiary alicyclic amines) is 1. The Morgan fingerprint density at radius 2 is 1.94 bits per heavy atom. The van der Waals surface area contributed by atoms with Gasteiger partial charge in [0, 0.05) is 24.1 Å². The molecule has 1 N–H and O–H groups in total. The monoisotopic (exact) mass is 485 g/mol. The minimum Gasteiger partial charge on any atom is -0.496 e. The van der Waals surface area contributed by atoms with E-state index in [1.54, 1.807) is 43.2 Å². The fourth-order valence-corrected chi connectivity index (χ4v) is 6.16. The smallest absolute Gasteiger partial charge is 0.268 e. The number of methoxy groups -OCH3 is 1. The highest BCUT2D eigenvalue weighted by atomic mass is 35.5. The van der Waals surface area contributed by atoms with E-state index in [-0.39, 0.29) is 25.3 Å². The van der Waals surface area contributed by atoms with Gasteiger partial charge in [-0.05, 0) is 36.6 Å². The first-order chi connectivity index (χ1) is 14.6. The number of para-hydroxylation sites is 1. The van der Waals surface area contributed by atoms with E-state index in [4.69, 9.17) is 27.9 Å². The summed E-state index contributed by atoms with van der Waals surface area (Å²) in [7, 11) is -2.83. The van der Waals surface area contributed by atoms with Crippen molar-refractivity contribution in [2.75, 3.05) is 20.2 Å². The molecule has 2 unspecified atom stereocenters. The summed E-state index contributed by atoms with van der Waals surface area (Å²) in [5.74, 6) is 0.479. The first kappa shape index (κ1) is 23.9. The summed E-state index contributed by atoms with van der Waals surface area (Å²) in [6.45, 7) is 2.22. The fraction of sp³-hybridized carbons (Fsp3) is 0.409. The lowest BCUT2D eigenvalue weighted by atomic mass is 9.75. The molecule has 1 heterocycles. The molecule has 31 heavy (non-hydrogen) atoms. The minimum absolute atomic E-state index is 0.129. The van der Waals surface area contributed by atoms with Crippen molar-refractivity contribution in [2.45, 2.75) is 36.9 Å². The van der Waals surface area contributed by atoms with E-state index in [9.17, 15) is 17.8 Å². The van der Waals surface area contributed by atoms with Gasteiger partial charge in [0.05, 0.1) is 28.8 Å². The van der Waals surface area contributed by atoms with Crippen LogP contribution in [0.4, 0.5) is 0 Å². The van der Waals surface area contributed by atoms with E-state index < -0.39 is 20.8 Å². The van der Waals surface area contributed by atoms with Crippen LogP contribution < -0.4 is 4.74 Å². The molecule has 1 aliphatic rings. The maximum atomic E-state index is 13.1. The van der Waals surface area contributed by atoms with Crippen LogP contribution in [0, 0.1) is 0 Å². The van der Waals surface area contributed by atoms with Crippen molar-refractivity contribution in [3.63, 3.8) is 0 Å². The maximum Gasteiger partial charge on any atom is 0.268 e. The summed E-state index contributed by atoms with van der Waals surface area (Å²) < 4.78 is 40.0. The first-order valence-electron chi connectivity index (χ1n) is 9.94. The van der Waals surface area contributed by atoms with Gasteiger partial charge in [-0.3, -0.25) is 9.35 Å². The molecule has 2 aromatic rings. The van der Waals surface area contributed by atoms with Gasteiger partial charge in [-0.15, -0.1) is 0 Å². The van der Waals surface area contributed by atoms with Crippen LogP contribution in [0.1, 0.15) is 30.9 Å². The number of nitrogens with zero attached hydrogens (tertiary/aromatic N) is 1. The molecule has 6 nitrogen and oxygen atoms in total. The van der Waals surface area contributed by atoms with Crippen LogP contribution in [0.25, 0.3) is 0 Å². The van der Waals surface area contributed by atoms with Gasteiger partial charge in [0.2, 0.25) is 5.91 Å². The number of ether oxygens (including phenoxy) is 1. The lowest BCUT2D eigenvalue weighted by molar-refractivity contribution is -0.129. The second kappa shape index (κ2) is 9.36. The highest BCUT2D eigenvalue weighted by Crippen LogP contribution is 2.43. The Labute approximate surface area is 192 Å². The second-order valence-electron chi connectivity index (χ2n) is 7.75. The zero-order valence-corrected chi connectivity index (χ0v) is 19.7. The molecule has 0 spiro atoms. The zero-order chi connectivity index (χ0) is 22.8. The van der Waals surface area contributed by atoms with Gasteiger partial charge in [0.15, 0.2) is 0 Å². The van der Waals surface area contributed by atoms with Crippen LogP contribution in [0.15, 0.2) is 42.5 Å². The molecule has 2 aromatic carbocycles. The molecule has 1 aliphatic heterocycles. The van der Waals surface area contributed by atoms with E-state index in [1.165, 1.54) is 0 Å². The fourth-order valence-electron chi connectivity index (χ4n) is 4.55. The first-order valence-corrected chi connectivity index (χ1v) is 12.2. The maximum absolute atomic E-state index is 13.1. The SMILES string of the molecule is CCC(C1(c2ccc(Cl)c(Cl)c2)CCN(C(=O)Cc2ccccc2OC)C1)S(=O)(=O)O. The summed E-state index contributed by atoms with van der Waals surface area (Å²) >= 11 is 12.3. The number of amides is 1. The average Bonchev–Trinajstić information content (AvgIpc) is 3.16. The number of hydrogen-bond donors (Lipinski definition) is 1. The third-order valence-corrected chi connectivity index (χ3v) is 8.27. The molecule has 3 rings (SSSR count). The summed E-state index contributed by atoms with van der Waals surface area (Å²) in [5, 5.41) is -0.439. The molecule has 0 saturated carbocycles. The van der Waals surface area contributed by atoms with Crippen LogP contribution >= 0.6 is 23.2 Å². The van der Waals surface area contributed by atoms with Gasteiger partial charge >= 0.3 is 0 Å². The van der Waals surface area contributed by atoms with E-state index in [2.05, 4.69) is 0 Å². The second-order valence-corrected chi connectivity index (χ2v) is 10.2. The number of carbonyl (C=O) groups is 1. The molecule has 0 aliphatic carbocycles. The molecule has 0 bridgehead atoms. The molecular formula is C22H25Cl2NO5S. The molecule has 2 atom stereocenters. The van der Waals surface area contributed by atoms with Crippen LogP contribution in [0.3, 0.4) is 0 Å². The number of halogens is 2. The van der Waals surface area contributed by atoms with E-state index in [0.717, 1.165) is 5.56 Å². The van der Waals surface area contributed by atoms with Crippen molar-refractivity contribution in [3.05, 3.63) is 63.6 Å². The molecule has 0 radical (unpaired) electrons. The quantitative estimate of drug-likeness (QED) is 0.588. The number of rotatable bonds is 7. The topological polar surface area (TPSA) is 83.9 Å². The average molecular weight is 486 g/mol. The Balaban J connectivity index is 1.96. The van der Waals surface area contributed by atoms with Crippen molar-refractivity contribution in [1.82, 2.24) is 4.90 Å². The van der Waals surface area contributed by atoms with Gasteiger partial charge in [0.1, 0.15) is 5.75 Å². The van der Waals surface area contributed by atoms with Crippen molar-refractivity contribution in [3.8, 4) is 5.75 Å². The van der Waals surface area contributed by atoms with E-state index in [1.807, 2.05) is 18.2 Å². The molecule has 1 saturated heterocycles. The summed E-state index contributed by atoms with van der Waals surface area (Å²) in [5.41, 5.74) is 0.398. The van der Waals surface area contributed by atoms with Crippen LogP contribution in [-0.4, -0.2) is 49.2 Å². The molecule has 0 aromatic heterocycles. The molecule has 168 valence electrons. The number of hydrogen-bond acceptors (Lipinski definition) is 4. The third-order valence-electron chi connectivity index (χ3n) is 6.03. The summed E-state index contributed by atoms with van der Waals surface area (Å²) in [6, 6.07) is 12.2. The standard InChI is InChI=1S/C22H25Cl2NO5S/c1-3-20(31(27,28)29)22(16-8-9-17(23)18(24)13-16)10-11-25(14-22)21(26)12-15-6-4-5-7-19(15)30-2/h4-9,13,20H,3,10-12,14H2,1-2H3,(H,27,28,29). The zero-order valence-electron chi connectivity index (χ0n) is 17.3. The highest BCUT2D eigenvalue weighted by Gasteiger charge is 2.51. The molecular weight excluding hydrogens is 461 g/mol. The Morgan fingerprint density at radius 1 is 1.23 bits per heavy atom. The van der Waals surface area contributed by atoms with Crippen LogP contribution in [0.2, 0.25) is 10.0 Å². The Hall–Kier alpha value is -1.80. The highest BCUT2D eigenvalue weighted by molar-refractivity contribution is 7.86. The van der Waals surface area contributed by atoms with Crippen molar-refractivity contribution < 1.29 is 22.5 Å². The Bertz CT molecular complexity index is 1080. The molecule has 9 heteroatoms. The Morgan fingerprint density at radius 3 is 2.55 bits per heavy atom. The summed E-state index contributed by atoms with van der Waals surface area (Å²) in [4.78, 5) is 14.7. The normalized spacial score (nSPS) is 20.0. The van der Waals surface area contributed by atoms with Crippen molar-refractivity contribution in [2.24, 2.45) is 0 Å².